The van der Waals surface area contributed by atoms with Gasteiger partial charge in [0.1, 0.15) is 0 Å². The van der Waals surface area contributed by atoms with Gasteiger partial charge in [0.25, 0.3) is 0 Å². The Morgan fingerprint density at radius 3 is 2.60 bits per heavy atom. The molecule has 0 aliphatic heterocycles. The van der Waals surface area contributed by atoms with Crippen LogP contribution in [0.1, 0.15) is 38.2 Å². The lowest BCUT2D eigenvalue weighted by atomic mass is 9.91. The summed E-state index contributed by atoms with van der Waals surface area (Å²) in [5, 5.41) is 9.97. The Bertz CT molecular complexity index is 325. The lowest BCUT2D eigenvalue weighted by Gasteiger charge is -2.17. The lowest BCUT2D eigenvalue weighted by molar-refractivity contribution is 0.173. The van der Waals surface area contributed by atoms with Gasteiger partial charge in [0.2, 0.25) is 0 Å². The molecule has 3 N–H and O–H groups in total. The van der Waals surface area contributed by atoms with Crippen molar-refractivity contribution in [2.75, 3.05) is 5.73 Å². The average Bonchev–Trinajstić information content (AvgIpc) is 2.18. The number of hydrogen-bond acceptors (Lipinski definition) is 2. The van der Waals surface area contributed by atoms with Crippen LogP contribution in [-0.4, -0.2) is 11.2 Å². The molecule has 2 nitrogen and oxygen atoms in total. The van der Waals surface area contributed by atoms with Crippen molar-refractivity contribution in [3.63, 3.8) is 0 Å². The van der Waals surface area contributed by atoms with Crippen molar-refractivity contribution in [1.29, 1.82) is 0 Å². The van der Waals surface area contributed by atoms with Crippen LogP contribution in [0.3, 0.4) is 0 Å². The molecule has 1 rings (SSSR count). The molecule has 3 heteroatoms. The van der Waals surface area contributed by atoms with Gasteiger partial charge in [-0.05, 0) is 43.4 Å². The maximum Gasteiger partial charge on any atom is 0.0635 e. The van der Waals surface area contributed by atoms with E-state index in [-0.39, 0.29) is 6.10 Å². The minimum Gasteiger partial charge on any atom is -0.398 e. The average molecular weight is 228 g/mol. The van der Waals surface area contributed by atoms with E-state index in [1.165, 1.54) is 0 Å². The molecule has 2 atom stereocenters. The third kappa shape index (κ3) is 3.40. The summed E-state index contributed by atoms with van der Waals surface area (Å²) in [6.07, 6.45) is 1.47. The third-order valence-corrected chi connectivity index (χ3v) is 2.95. The number of anilines is 1. The number of halogens is 1. The summed E-state index contributed by atoms with van der Waals surface area (Å²) in [6, 6.07) is 5.70. The van der Waals surface area contributed by atoms with E-state index in [4.69, 9.17) is 17.3 Å². The van der Waals surface area contributed by atoms with Crippen molar-refractivity contribution >= 4 is 17.3 Å². The molecule has 1 aromatic carbocycles. The number of nitrogens with two attached hydrogens (primary N) is 1. The summed E-state index contributed by atoms with van der Waals surface area (Å²) in [4.78, 5) is 0. The van der Waals surface area contributed by atoms with Gasteiger partial charge in [0.05, 0.1) is 16.8 Å². The fourth-order valence-corrected chi connectivity index (χ4v) is 1.88. The van der Waals surface area contributed by atoms with E-state index in [9.17, 15) is 5.11 Å². The Morgan fingerprint density at radius 2 is 2.13 bits per heavy atom. The summed E-state index contributed by atoms with van der Waals surface area (Å²) in [7, 11) is 0. The summed E-state index contributed by atoms with van der Waals surface area (Å²) in [6.45, 7) is 3.92. The van der Waals surface area contributed by atoms with Crippen LogP contribution >= 0.6 is 11.6 Å². The van der Waals surface area contributed by atoms with Crippen molar-refractivity contribution < 1.29 is 5.11 Å². The Morgan fingerprint density at radius 1 is 1.47 bits per heavy atom. The standard InChI is InChI=1S/C12H18ClNO/c1-3-9(6-8(2)15)10-4-5-11(13)12(14)7-10/h4-5,7-9,15H,3,6,14H2,1-2H3. The summed E-state index contributed by atoms with van der Waals surface area (Å²) in [5.41, 5.74) is 7.51. The third-order valence-electron chi connectivity index (χ3n) is 2.61. The molecule has 0 aliphatic rings. The molecule has 0 saturated carbocycles. The second kappa shape index (κ2) is 5.38. The Kier molecular flexibility index (Phi) is 4.43. The van der Waals surface area contributed by atoms with Crippen LogP contribution in [0, 0.1) is 0 Å². The van der Waals surface area contributed by atoms with Crippen molar-refractivity contribution in [2.45, 2.75) is 38.7 Å². The number of aliphatic hydroxyl groups is 1. The quantitative estimate of drug-likeness (QED) is 0.777. The lowest BCUT2D eigenvalue weighted by Crippen LogP contribution is -2.08. The molecule has 0 aliphatic carbocycles. The zero-order chi connectivity index (χ0) is 11.4. The molecule has 1 aromatic rings. The first kappa shape index (κ1) is 12.3. The number of rotatable bonds is 4. The van der Waals surface area contributed by atoms with E-state index < -0.39 is 0 Å². The highest BCUT2D eigenvalue weighted by Gasteiger charge is 2.13. The van der Waals surface area contributed by atoms with Crippen LogP contribution in [0.4, 0.5) is 5.69 Å². The molecule has 0 saturated heterocycles. The van der Waals surface area contributed by atoms with Gasteiger partial charge in [0.15, 0.2) is 0 Å². The van der Waals surface area contributed by atoms with Crippen LogP contribution < -0.4 is 5.73 Å². The minimum absolute atomic E-state index is 0.285. The number of nitrogen functional groups attached to an aromatic ring is 1. The van der Waals surface area contributed by atoms with E-state index in [2.05, 4.69) is 6.92 Å². The first-order valence-corrected chi connectivity index (χ1v) is 5.65. The predicted octanol–water partition coefficient (Wildman–Crippen LogP) is 3.19. The molecule has 84 valence electrons. The van der Waals surface area contributed by atoms with E-state index in [0.29, 0.717) is 16.6 Å². The predicted molar refractivity (Wildman–Crippen MR) is 65.2 cm³/mol. The first-order chi connectivity index (χ1) is 7.04. The largest absolute Gasteiger partial charge is 0.398 e. The van der Waals surface area contributed by atoms with E-state index in [1.807, 2.05) is 25.1 Å². The van der Waals surface area contributed by atoms with Gasteiger partial charge in [-0.15, -0.1) is 0 Å². The Balaban J connectivity index is 2.87. The van der Waals surface area contributed by atoms with Crippen molar-refractivity contribution in [1.82, 2.24) is 0 Å². The normalized spacial score (nSPS) is 14.9. The molecule has 15 heavy (non-hydrogen) atoms. The van der Waals surface area contributed by atoms with Crippen LogP contribution in [0.5, 0.6) is 0 Å². The first-order valence-electron chi connectivity index (χ1n) is 5.27. The van der Waals surface area contributed by atoms with Crippen molar-refractivity contribution in [2.24, 2.45) is 0 Å². The molecule has 0 fully saturated rings. The van der Waals surface area contributed by atoms with Gasteiger partial charge in [0, 0.05) is 0 Å². The summed E-state index contributed by atoms with van der Waals surface area (Å²) < 4.78 is 0. The Labute approximate surface area is 96.1 Å². The minimum atomic E-state index is -0.285. The van der Waals surface area contributed by atoms with Gasteiger partial charge in [-0.1, -0.05) is 24.6 Å². The van der Waals surface area contributed by atoms with Crippen LogP contribution in [0.25, 0.3) is 0 Å². The summed E-state index contributed by atoms with van der Waals surface area (Å²) in [5.74, 6) is 0.351. The van der Waals surface area contributed by atoms with Crippen molar-refractivity contribution in [3.8, 4) is 0 Å². The van der Waals surface area contributed by atoms with E-state index >= 15 is 0 Å². The molecule has 0 spiro atoms. The van der Waals surface area contributed by atoms with Crippen LogP contribution in [-0.2, 0) is 0 Å². The monoisotopic (exact) mass is 227 g/mol. The molecular weight excluding hydrogens is 210 g/mol. The molecule has 0 heterocycles. The molecular formula is C12H18ClNO. The van der Waals surface area contributed by atoms with Gasteiger partial charge < -0.3 is 10.8 Å². The van der Waals surface area contributed by atoms with Gasteiger partial charge in [-0.3, -0.25) is 0 Å². The highest BCUT2D eigenvalue weighted by molar-refractivity contribution is 6.33. The van der Waals surface area contributed by atoms with Gasteiger partial charge >= 0.3 is 0 Å². The number of hydrogen-bond donors (Lipinski definition) is 2. The maximum absolute atomic E-state index is 9.38. The molecule has 0 radical (unpaired) electrons. The molecule has 0 amide bonds. The second-order valence-electron chi connectivity index (χ2n) is 3.97. The van der Waals surface area contributed by atoms with Gasteiger partial charge in [-0.2, -0.15) is 0 Å². The topological polar surface area (TPSA) is 46.2 Å². The van der Waals surface area contributed by atoms with Gasteiger partial charge in [-0.25, -0.2) is 0 Å². The fourth-order valence-electron chi connectivity index (χ4n) is 1.77. The zero-order valence-electron chi connectivity index (χ0n) is 9.20. The summed E-state index contributed by atoms with van der Waals surface area (Å²) >= 11 is 5.86. The maximum atomic E-state index is 9.38. The molecule has 2 unspecified atom stereocenters. The van der Waals surface area contributed by atoms with Crippen LogP contribution in [0.2, 0.25) is 5.02 Å². The highest BCUT2D eigenvalue weighted by Crippen LogP contribution is 2.29. The van der Waals surface area contributed by atoms with E-state index in [0.717, 1.165) is 18.4 Å². The molecule has 0 aromatic heterocycles. The fraction of sp³-hybridized carbons (Fsp3) is 0.500. The second-order valence-corrected chi connectivity index (χ2v) is 4.38. The smallest absolute Gasteiger partial charge is 0.0635 e. The number of aliphatic hydroxyl groups excluding tert-OH is 1. The SMILES string of the molecule is CCC(CC(C)O)c1ccc(Cl)c(N)c1. The van der Waals surface area contributed by atoms with E-state index in [1.54, 1.807) is 0 Å². The highest BCUT2D eigenvalue weighted by atomic mass is 35.5. The Hall–Kier alpha value is -0.730. The van der Waals surface area contributed by atoms with Crippen molar-refractivity contribution in [3.05, 3.63) is 28.8 Å². The molecule has 0 bridgehead atoms. The van der Waals surface area contributed by atoms with Crippen LogP contribution in [0.15, 0.2) is 18.2 Å². The zero-order valence-corrected chi connectivity index (χ0v) is 9.96. The number of benzene rings is 1.